The molecule has 7 nitrogen and oxygen atoms in total. The molecule has 0 spiro atoms. The standard InChI is InChI=1S/C32H38F3N7S/c1-21(41-10-4-3-5-11-41)18-42-25(17-36)14-27-22(2)23(6-7-29(27)42)19-40-12-8-24(9-13-40)39-30-28-15-26(16-32(33,34)35)43-31(28)38-20-37-30/h6-7,14-15,20-21,24H,3-5,8-13,16,18-19H2,1-2H3,(H,37,38,39)/t21-/m0/s1. The number of rotatable bonds is 8. The molecule has 3 aromatic heterocycles. The average Bonchev–Trinajstić information content (AvgIpc) is 3.56. The Morgan fingerprint density at radius 2 is 1.84 bits per heavy atom. The van der Waals surface area contributed by atoms with Crippen LogP contribution in [-0.4, -0.2) is 68.8 Å². The van der Waals surface area contributed by atoms with E-state index in [1.54, 1.807) is 6.07 Å². The van der Waals surface area contributed by atoms with Crippen LogP contribution < -0.4 is 5.32 Å². The molecule has 2 fully saturated rings. The number of likely N-dealkylation sites (tertiary alicyclic amines) is 2. The van der Waals surface area contributed by atoms with Gasteiger partial charge in [0.2, 0.25) is 0 Å². The van der Waals surface area contributed by atoms with Gasteiger partial charge in [0.05, 0.1) is 11.8 Å². The van der Waals surface area contributed by atoms with Gasteiger partial charge in [-0.2, -0.15) is 18.4 Å². The van der Waals surface area contributed by atoms with Gasteiger partial charge in [0.25, 0.3) is 0 Å². The number of nitrogens with zero attached hydrogens (tertiary/aromatic N) is 6. The molecule has 228 valence electrons. The van der Waals surface area contributed by atoms with Gasteiger partial charge in [-0.05, 0) is 81.9 Å². The number of anilines is 1. The van der Waals surface area contributed by atoms with Crippen molar-refractivity contribution in [2.24, 2.45) is 0 Å². The number of fused-ring (bicyclic) bond motifs is 2. The molecule has 0 amide bonds. The maximum absolute atomic E-state index is 12.9. The number of aryl methyl sites for hydroxylation is 1. The molecule has 1 N–H and O–H groups in total. The van der Waals surface area contributed by atoms with Crippen molar-refractivity contribution >= 4 is 38.3 Å². The van der Waals surface area contributed by atoms with Gasteiger partial charge in [0, 0.05) is 54.0 Å². The quantitative estimate of drug-likeness (QED) is 0.235. The highest BCUT2D eigenvalue weighted by Crippen LogP contribution is 2.33. The summed E-state index contributed by atoms with van der Waals surface area (Å²) in [6.07, 6.45) is 1.87. The van der Waals surface area contributed by atoms with E-state index in [9.17, 15) is 18.4 Å². The minimum atomic E-state index is -4.25. The Morgan fingerprint density at radius 3 is 2.56 bits per heavy atom. The first-order chi connectivity index (χ1) is 20.7. The van der Waals surface area contributed by atoms with E-state index >= 15 is 0 Å². The molecule has 0 aliphatic carbocycles. The van der Waals surface area contributed by atoms with E-state index in [0.29, 0.717) is 22.1 Å². The molecule has 0 bridgehead atoms. The smallest absolute Gasteiger partial charge is 0.367 e. The summed E-state index contributed by atoms with van der Waals surface area (Å²) in [6.45, 7) is 10.2. The number of thiophene rings is 1. The number of piperidine rings is 2. The SMILES string of the molecule is Cc1c(CN2CCC(Nc3ncnc4sc(CC(F)(F)F)cc34)CC2)ccc2c1cc(C#N)n2C[C@H](C)N1CCCCC1. The third-order valence-corrected chi connectivity index (χ3v) is 10.2. The molecule has 43 heavy (non-hydrogen) atoms. The zero-order valence-corrected chi connectivity index (χ0v) is 25.6. The van der Waals surface area contributed by atoms with Crippen LogP contribution in [0.15, 0.2) is 30.6 Å². The first-order valence-electron chi connectivity index (χ1n) is 15.2. The molecule has 1 aromatic carbocycles. The Balaban J connectivity index is 1.10. The summed E-state index contributed by atoms with van der Waals surface area (Å²) in [5.41, 5.74) is 4.36. The molecule has 1 atom stereocenters. The Morgan fingerprint density at radius 1 is 1.07 bits per heavy atom. The fourth-order valence-corrected chi connectivity index (χ4v) is 7.72. The van der Waals surface area contributed by atoms with E-state index in [-0.39, 0.29) is 10.9 Å². The number of nitrogens with one attached hydrogen (secondary N) is 1. The second kappa shape index (κ2) is 12.4. The third kappa shape index (κ3) is 6.66. The predicted molar refractivity (Wildman–Crippen MR) is 165 cm³/mol. The van der Waals surface area contributed by atoms with E-state index in [2.05, 4.69) is 67.8 Å². The van der Waals surface area contributed by atoms with Crippen LogP contribution in [0.1, 0.15) is 60.7 Å². The highest BCUT2D eigenvalue weighted by Gasteiger charge is 2.29. The van der Waals surface area contributed by atoms with Gasteiger partial charge in [-0.25, -0.2) is 9.97 Å². The fraction of sp³-hybridized carbons (Fsp3) is 0.531. The minimum absolute atomic E-state index is 0.193. The summed E-state index contributed by atoms with van der Waals surface area (Å²) in [4.78, 5) is 14.4. The fourth-order valence-electron chi connectivity index (χ4n) is 6.70. The Labute approximate surface area is 254 Å². The van der Waals surface area contributed by atoms with Gasteiger partial charge in [-0.1, -0.05) is 12.5 Å². The first-order valence-corrected chi connectivity index (χ1v) is 16.0. The number of halogens is 3. The summed E-state index contributed by atoms with van der Waals surface area (Å²) in [5, 5.41) is 15.2. The van der Waals surface area contributed by atoms with E-state index < -0.39 is 12.6 Å². The number of alkyl halides is 3. The molecule has 4 aromatic rings. The zero-order valence-electron chi connectivity index (χ0n) is 24.8. The number of benzene rings is 1. The van der Waals surface area contributed by atoms with Crippen LogP contribution in [0.25, 0.3) is 21.1 Å². The monoisotopic (exact) mass is 609 g/mol. The van der Waals surface area contributed by atoms with Gasteiger partial charge in [-0.3, -0.25) is 9.80 Å². The van der Waals surface area contributed by atoms with Crippen LogP contribution in [0, 0.1) is 18.3 Å². The predicted octanol–water partition coefficient (Wildman–Crippen LogP) is 6.88. The molecule has 6 rings (SSSR count). The Hall–Kier alpha value is -3.20. The molecule has 11 heteroatoms. The molecule has 0 saturated carbocycles. The first kappa shape index (κ1) is 29.9. The molecule has 0 unspecified atom stereocenters. The number of hydrogen-bond acceptors (Lipinski definition) is 7. The van der Waals surface area contributed by atoms with E-state index in [1.807, 2.05) is 0 Å². The average molecular weight is 610 g/mol. The summed E-state index contributed by atoms with van der Waals surface area (Å²) in [5.74, 6) is 0.613. The minimum Gasteiger partial charge on any atom is -0.367 e. The molecule has 5 heterocycles. The summed E-state index contributed by atoms with van der Waals surface area (Å²) in [6, 6.07) is 11.0. The maximum atomic E-state index is 12.9. The lowest BCUT2D eigenvalue weighted by atomic mass is 10.0. The van der Waals surface area contributed by atoms with Gasteiger partial charge in [-0.15, -0.1) is 11.3 Å². The van der Waals surface area contributed by atoms with Gasteiger partial charge in [0.1, 0.15) is 28.7 Å². The van der Waals surface area contributed by atoms with E-state index in [4.69, 9.17) is 0 Å². The lowest BCUT2D eigenvalue weighted by molar-refractivity contribution is -0.126. The van der Waals surface area contributed by atoms with Crippen LogP contribution in [-0.2, 0) is 19.5 Å². The van der Waals surface area contributed by atoms with E-state index in [1.165, 1.54) is 36.7 Å². The highest BCUT2D eigenvalue weighted by atomic mass is 32.1. The molecular formula is C32H38F3N7S. The molecule has 2 aliphatic rings. The van der Waals surface area contributed by atoms with Crippen molar-refractivity contribution < 1.29 is 13.2 Å². The van der Waals surface area contributed by atoms with Crippen molar-refractivity contribution in [3.63, 3.8) is 0 Å². The lowest BCUT2D eigenvalue weighted by Crippen LogP contribution is -2.39. The lowest BCUT2D eigenvalue weighted by Gasteiger charge is -2.33. The van der Waals surface area contributed by atoms with Crippen molar-refractivity contribution in [1.29, 1.82) is 5.26 Å². The van der Waals surface area contributed by atoms with Gasteiger partial charge < -0.3 is 9.88 Å². The normalized spacial score (nSPS) is 18.3. The largest absolute Gasteiger partial charge is 0.393 e. The van der Waals surface area contributed by atoms with Crippen LogP contribution in [0.4, 0.5) is 19.0 Å². The maximum Gasteiger partial charge on any atom is 0.393 e. The molecule has 2 aliphatic heterocycles. The Bertz CT molecular complexity index is 1620. The molecule has 0 radical (unpaired) electrons. The van der Waals surface area contributed by atoms with Crippen LogP contribution in [0.3, 0.4) is 0 Å². The zero-order chi connectivity index (χ0) is 30.1. The number of nitriles is 1. The van der Waals surface area contributed by atoms with Crippen LogP contribution in [0.2, 0.25) is 0 Å². The van der Waals surface area contributed by atoms with Crippen molar-refractivity contribution in [1.82, 2.24) is 24.3 Å². The third-order valence-electron chi connectivity index (χ3n) is 9.12. The number of aromatic nitrogens is 3. The van der Waals surface area contributed by atoms with Crippen molar-refractivity contribution in [2.45, 2.75) is 83.7 Å². The summed E-state index contributed by atoms with van der Waals surface area (Å²) in [7, 11) is 0. The van der Waals surface area contributed by atoms with Crippen molar-refractivity contribution in [3.05, 3.63) is 52.3 Å². The topological polar surface area (TPSA) is 73.0 Å². The summed E-state index contributed by atoms with van der Waals surface area (Å²) < 4.78 is 41.0. The Kier molecular flexibility index (Phi) is 8.63. The van der Waals surface area contributed by atoms with Crippen molar-refractivity contribution in [2.75, 3.05) is 31.5 Å². The van der Waals surface area contributed by atoms with E-state index in [0.717, 1.165) is 80.0 Å². The van der Waals surface area contributed by atoms with Crippen LogP contribution in [0.5, 0.6) is 0 Å². The second-order valence-corrected chi connectivity index (χ2v) is 13.2. The van der Waals surface area contributed by atoms with Gasteiger partial charge >= 0.3 is 6.18 Å². The number of hydrogen-bond donors (Lipinski definition) is 1. The highest BCUT2D eigenvalue weighted by molar-refractivity contribution is 7.18. The van der Waals surface area contributed by atoms with Gasteiger partial charge in [0.15, 0.2) is 0 Å². The summed E-state index contributed by atoms with van der Waals surface area (Å²) >= 11 is 1.08. The molecular weight excluding hydrogens is 571 g/mol. The molecule has 2 saturated heterocycles. The van der Waals surface area contributed by atoms with Crippen LogP contribution >= 0.6 is 11.3 Å². The second-order valence-electron chi connectivity index (χ2n) is 12.1. The van der Waals surface area contributed by atoms with Crippen molar-refractivity contribution in [3.8, 4) is 6.07 Å².